The average molecular weight is 354 g/mol. The molecule has 25 heavy (non-hydrogen) atoms. The van der Waals surface area contributed by atoms with Crippen molar-refractivity contribution in [3.05, 3.63) is 59.9 Å². The Hall–Kier alpha value is -2.97. The van der Waals surface area contributed by atoms with Crippen LogP contribution >= 0.6 is 11.6 Å². The smallest absolute Gasteiger partial charge is 0.240 e. The lowest BCUT2D eigenvalue weighted by atomic mass is 10.3. The molecule has 1 amide bonds. The fourth-order valence-electron chi connectivity index (χ4n) is 2.28. The van der Waals surface area contributed by atoms with Crippen LogP contribution in [-0.2, 0) is 11.3 Å². The number of amides is 1. The number of nitrogens with one attached hydrogen (secondary N) is 1. The molecule has 0 unspecified atom stereocenters. The number of hydrogen-bond donors (Lipinski definition) is 1. The highest BCUT2D eigenvalue weighted by molar-refractivity contribution is 6.32. The predicted octanol–water partition coefficient (Wildman–Crippen LogP) is 2.89. The standard InChI is InChI=1S/C19H16ClN3O2/c20-15-7-1-4-10-18(15)25-12-6-5-11-21-19(24)13-23-14-22-16-8-2-3-9-17(16)23/h1-4,7-10,14H,11-13H2,(H,21,24). The van der Waals surface area contributed by atoms with E-state index in [4.69, 9.17) is 16.3 Å². The number of rotatable bonds is 5. The quantitative estimate of drug-likeness (QED) is 0.717. The molecule has 0 spiro atoms. The molecule has 0 saturated heterocycles. The SMILES string of the molecule is O=C(Cn1cnc2ccccc21)NCC#CCOc1ccccc1Cl. The molecule has 0 aliphatic heterocycles. The van der Waals surface area contributed by atoms with Crippen molar-refractivity contribution in [2.24, 2.45) is 0 Å². The summed E-state index contributed by atoms with van der Waals surface area (Å²) in [5, 5.41) is 3.30. The molecule has 0 radical (unpaired) electrons. The minimum absolute atomic E-state index is 0.121. The van der Waals surface area contributed by atoms with Crippen molar-refractivity contribution >= 4 is 28.5 Å². The third-order valence-electron chi connectivity index (χ3n) is 3.48. The first kappa shape index (κ1) is 16.9. The van der Waals surface area contributed by atoms with Crippen LogP contribution in [-0.4, -0.2) is 28.6 Å². The van der Waals surface area contributed by atoms with Gasteiger partial charge in [0.2, 0.25) is 5.91 Å². The van der Waals surface area contributed by atoms with Gasteiger partial charge in [-0.25, -0.2) is 4.98 Å². The second-order valence-electron chi connectivity index (χ2n) is 5.21. The Balaban J connectivity index is 1.43. The summed E-state index contributed by atoms with van der Waals surface area (Å²) in [6.45, 7) is 0.682. The van der Waals surface area contributed by atoms with Crippen molar-refractivity contribution in [3.8, 4) is 17.6 Å². The lowest BCUT2D eigenvalue weighted by Crippen LogP contribution is -2.27. The van der Waals surface area contributed by atoms with Crippen LogP contribution in [0.4, 0.5) is 0 Å². The number of carbonyl (C=O) groups is 1. The first-order valence-electron chi connectivity index (χ1n) is 7.73. The maximum absolute atomic E-state index is 12.0. The molecule has 1 N–H and O–H groups in total. The van der Waals surface area contributed by atoms with Crippen LogP contribution in [0, 0.1) is 11.8 Å². The second kappa shape index (κ2) is 8.22. The summed E-state index contributed by atoms with van der Waals surface area (Å²) >= 11 is 5.98. The van der Waals surface area contributed by atoms with Gasteiger partial charge in [0.1, 0.15) is 18.9 Å². The first-order valence-corrected chi connectivity index (χ1v) is 8.11. The highest BCUT2D eigenvalue weighted by atomic mass is 35.5. The van der Waals surface area contributed by atoms with E-state index < -0.39 is 0 Å². The highest BCUT2D eigenvalue weighted by Crippen LogP contribution is 2.22. The van der Waals surface area contributed by atoms with Crippen molar-refractivity contribution in [2.75, 3.05) is 13.2 Å². The van der Waals surface area contributed by atoms with Crippen LogP contribution in [0.2, 0.25) is 5.02 Å². The van der Waals surface area contributed by atoms with E-state index in [-0.39, 0.29) is 25.6 Å². The molecule has 0 aliphatic carbocycles. The Morgan fingerprint density at radius 1 is 1.16 bits per heavy atom. The van der Waals surface area contributed by atoms with Gasteiger partial charge in [0.15, 0.2) is 0 Å². The Kier molecular flexibility index (Phi) is 5.55. The van der Waals surface area contributed by atoms with E-state index in [9.17, 15) is 4.79 Å². The lowest BCUT2D eigenvalue weighted by molar-refractivity contribution is -0.121. The number of carbonyl (C=O) groups excluding carboxylic acids is 1. The minimum Gasteiger partial charge on any atom is -0.479 e. The normalized spacial score (nSPS) is 10.1. The number of fused-ring (bicyclic) bond motifs is 1. The molecule has 2 aromatic carbocycles. The summed E-state index contributed by atoms with van der Waals surface area (Å²) in [5.74, 6) is 6.16. The number of ether oxygens (including phenoxy) is 1. The number of benzene rings is 2. The number of imidazole rings is 1. The van der Waals surface area contributed by atoms with E-state index in [0.29, 0.717) is 10.8 Å². The van der Waals surface area contributed by atoms with Crippen LogP contribution in [0.3, 0.4) is 0 Å². The molecule has 126 valence electrons. The zero-order valence-corrected chi connectivity index (χ0v) is 14.2. The van der Waals surface area contributed by atoms with Gasteiger partial charge in [-0.1, -0.05) is 47.7 Å². The van der Waals surface area contributed by atoms with Crippen LogP contribution in [0.15, 0.2) is 54.9 Å². The zero-order valence-electron chi connectivity index (χ0n) is 13.4. The van der Waals surface area contributed by atoms with Gasteiger partial charge in [0.25, 0.3) is 0 Å². The molecule has 6 heteroatoms. The summed E-state index contributed by atoms with van der Waals surface area (Å²) in [6.07, 6.45) is 1.66. The maximum atomic E-state index is 12.0. The van der Waals surface area contributed by atoms with Gasteiger partial charge in [-0.05, 0) is 24.3 Å². The fraction of sp³-hybridized carbons (Fsp3) is 0.158. The second-order valence-corrected chi connectivity index (χ2v) is 5.62. The van der Waals surface area contributed by atoms with Crippen molar-refractivity contribution in [1.82, 2.24) is 14.9 Å². The van der Waals surface area contributed by atoms with E-state index in [1.165, 1.54) is 0 Å². The number of nitrogens with zero attached hydrogens (tertiary/aromatic N) is 2. The van der Waals surface area contributed by atoms with Gasteiger partial charge in [-0.15, -0.1) is 0 Å². The van der Waals surface area contributed by atoms with Crippen molar-refractivity contribution in [3.63, 3.8) is 0 Å². The molecule has 1 heterocycles. The van der Waals surface area contributed by atoms with Gasteiger partial charge in [0, 0.05) is 0 Å². The molecule has 0 saturated carbocycles. The van der Waals surface area contributed by atoms with Crippen molar-refractivity contribution in [2.45, 2.75) is 6.54 Å². The summed E-state index contributed by atoms with van der Waals surface area (Å²) < 4.78 is 7.25. The van der Waals surface area contributed by atoms with Gasteiger partial charge in [-0.2, -0.15) is 0 Å². The summed E-state index contributed by atoms with van der Waals surface area (Å²) in [6, 6.07) is 14.9. The van der Waals surface area contributed by atoms with E-state index in [0.717, 1.165) is 11.0 Å². The Labute approximate surface area is 150 Å². The molecule has 0 aliphatic rings. The predicted molar refractivity (Wildman–Crippen MR) is 97.5 cm³/mol. The number of halogens is 1. The number of aromatic nitrogens is 2. The van der Waals surface area contributed by atoms with Crippen molar-refractivity contribution in [1.29, 1.82) is 0 Å². The molecule has 3 rings (SSSR count). The molecule has 0 fully saturated rings. The molecular weight excluding hydrogens is 338 g/mol. The Bertz CT molecular complexity index is 940. The molecule has 5 nitrogen and oxygen atoms in total. The number of hydrogen-bond acceptors (Lipinski definition) is 3. The average Bonchev–Trinajstić information content (AvgIpc) is 3.02. The molecule has 0 atom stereocenters. The lowest BCUT2D eigenvalue weighted by Gasteiger charge is -2.04. The first-order chi connectivity index (χ1) is 12.2. The third kappa shape index (κ3) is 4.52. The van der Waals surface area contributed by atoms with Gasteiger partial charge >= 0.3 is 0 Å². The third-order valence-corrected chi connectivity index (χ3v) is 3.79. The minimum atomic E-state index is -0.121. The Morgan fingerprint density at radius 2 is 1.96 bits per heavy atom. The van der Waals surface area contributed by atoms with Crippen molar-refractivity contribution < 1.29 is 9.53 Å². The van der Waals surface area contributed by atoms with E-state index in [1.54, 1.807) is 23.0 Å². The van der Waals surface area contributed by atoms with Crippen LogP contribution < -0.4 is 10.1 Å². The highest BCUT2D eigenvalue weighted by Gasteiger charge is 2.05. The molecular formula is C19H16ClN3O2. The van der Waals surface area contributed by atoms with Gasteiger partial charge in [-0.3, -0.25) is 4.79 Å². The summed E-state index contributed by atoms with van der Waals surface area (Å²) in [4.78, 5) is 16.2. The van der Waals surface area contributed by atoms with Gasteiger partial charge in [0.05, 0.1) is 28.9 Å². The Morgan fingerprint density at radius 3 is 2.84 bits per heavy atom. The van der Waals surface area contributed by atoms with E-state index in [1.807, 2.05) is 36.4 Å². The molecule has 3 aromatic rings. The molecule has 1 aromatic heterocycles. The fourth-order valence-corrected chi connectivity index (χ4v) is 2.47. The van der Waals surface area contributed by atoms with Gasteiger partial charge < -0.3 is 14.6 Å². The molecule has 0 bridgehead atoms. The zero-order chi connectivity index (χ0) is 17.5. The summed E-state index contributed by atoms with van der Waals surface area (Å²) in [7, 11) is 0. The van der Waals surface area contributed by atoms with E-state index in [2.05, 4.69) is 22.1 Å². The monoisotopic (exact) mass is 353 g/mol. The topological polar surface area (TPSA) is 56.2 Å². The summed E-state index contributed by atoms with van der Waals surface area (Å²) in [5.41, 5.74) is 1.80. The number of para-hydroxylation sites is 3. The van der Waals surface area contributed by atoms with Crippen LogP contribution in [0.25, 0.3) is 11.0 Å². The largest absolute Gasteiger partial charge is 0.479 e. The maximum Gasteiger partial charge on any atom is 0.240 e. The van der Waals surface area contributed by atoms with E-state index >= 15 is 0 Å². The van der Waals surface area contributed by atoms with Crippen LogP contribution in [0.5, 0.6) is 5.75 Å². The van der Waals surface area contributed by atoms with Crippen LogP contribution in [0.1, 0.15) is 0 Å².